The van der Waals surface area contributed by atoms with Crippen molar-refractivity contribution in [2.45, 2.75) is 12.8 Å². The fraction of sp³-hybridized carbons (Fsp3) is 0.600. The molecule has 0 aromatic carbocycles. The van der Waals surface area contributed by atoms with E-state index in [0.29, 0.717) is 6.16 Å². The summed E-state index contributed by atoms with van der Waals surface area (Å²) in [5.74, 6) is 0.152. The smallest absolute Gasteiger partial charge is 0.312 e. The molecule has 4 heteroatoms. The van der Waals surface area contributed by atoms with Gasteiger partial charge in [0.1, 0.15) is 0 Å². The van der Waals surface area contributed by atoms with Gasteiger partial charge >= 0.3 is 7.60 Å². The van der Waals surface area contributed by atoms with Crippen molar-refractivity contribution in [3.05, 3.63) is 25.3 Å². The third-order valence-corrected chi connectivity index (χ3v) is 4.12. The van der Waals surface area contributed by atoms with Crippen molar-refractivity contribution in [3.63, 3.8) is 0 Å². The van der Waals surface area contributed by atoms with Crippen LogP contribution in [0.2, 0.25) is 0 Å². The van der Waals surface area contributed by atoms with Gasteiger partial charge in [-0.15, -0.1) is 13.2 Å². The molecule has 0 fully saturated rings. The summed E-state index contributed by atoms with van der Waals surface area (Å²) in [5.41, 5.74) is 0. The highest BCUT2D eigenvalue weighted by atomic mass is 31.2. The van der Waals surface area contributed by atoms with Crippen LogP contribution < -0.4 is 0 Å². The first-order chi connectivity index (χ1) is 6.61. The van der Waals surface area contributed by atoms with Gasteiger partial charge in [0.25, 0.3) is 0 Å². The maximum atomic E-state index is 11.8. The van der Waals surface area contributed by atoms with E-state index in [9.17, 15) is 4.57 Å². The van der Waals surface area contributed by atoms with E-state index in [2.05, 4.69) is 13.2 Å². The maximum absolute atomic E-state index is 11.8. The molecular weight excluding hydrogens is 199 g/mol. The van der Waals surface area contributed by atoms with Gasteiger partial charge in [-0.25, -0.2) is 0 Å². The van der Waals surface area contributed by atoms with Gasteiger partial charge in [0.05, 0.1) is 6.16 Å². The molecule has 1 atom stereocenters. The molecule has 0 aromatic rings. The Balaban J connectivity index is 4.21. The van der Waals surface area contributed by atoms with Gasteiger partial charge < -0.3 is 9.05 Å². The molecule has 0 unspecified atom stereocenters. The Morgan fingerprint density at radius 2 is 1.93 bits per heavy atom. The van der Waals surface area contributed by atoms with E-state index >= 15 is 0 Å². The van der Waals surface area contributed by atoms with Crippen molar-refractivity contribution in [1.82, 2.24) is 0 Å². The lowest BCUT2D eigenvalue weighted by Gasteiger charge is -2.18. The Labute approximate surface area is 86.3 Å². The molecule has 0 saturated heterocycles. The van der Waals surface area contributed by atoms with E-state index in [1.165, 1.54) is 14.2 Å². The Morgan fingerprint density at radius 1 is 1.36 bits per heavy atom. The van der Waals surface area contributed by atoms with Crippen LogP contribution in [0.5, 0.6) is 0 Å². The summed E-state index contributed by atoms with van der Waals surface area (Å²) in [6, 6.07) is 0. The van der Waals surface area contributed by atoms with Crippen LogP contribution in [-0.2, 0) is 13.6 Å². The summed E-state index contributed by atoms with van der Waals surface area (Å²) >= 11 is 0. The lowest BCUT2D eigenvalue weighted by Crippen LogP contribution is -2.06. The van der Waals surface area contributed by atoms with Gasteiger partial charge in [0.2, 0.25) is 0 Å². The minimum Gasteiger partial charge on any atom is -0.312 e. The molecule has 0 saturated carbocycles. The first-order valence-corrected chi connectivity index (χ1v) is 6.28. The van der Waals surface area contributed by atoms with Crippen molar-refractivity contribution in [1.29, 1.82) is 0 Å². The third-order valence-electron chi connectivity index (χ3n) is 2.09. The predicted octanol–water partition coefficient (Wildman–Crippen LogP) is 3.24. The molecule has 0 radical (unpaired) electrons. The highest BCUT2D eigenvalue weighted by molar-refractivity contribution is 7.53. The zero-order valence-corrected chi connectivity index (χ0v) is 9.83. The average Bonchev–Trinajstić information content (AvgIpc) is 2.23. The molecule has 0 amide bonds. The number of hydrogen-bond donors (Lipinski definition) is 0. The molecule has 0 aliphatic carbocycles. The quantitative estimate of drug-likeness (QED) is 0.463. The fourth-order valence-corrected chi connectivity index (χ4v) is 2.48. The largest absolute Gasteiger partial charge is 0.330 e. The summed E-state index contributed by atoms with van der Waals surface area (Å²) in [7, 11) is -0.0981. The molecule has 0 rings (SSSR count). The Kier molecular flexibility index (Phi) is 6.81. The molecule has 0 bridgehead atoms. The van der Waals surface area contributed by atoms with Crippen LogP contribution >= 0.6 is 7.60 Å². The minimum absolute atomic E-state index is 0.152. The van der Waals surface area contributed by atoms with Gasteiger partial charge in [-0.2, -0.15) is 0 Å². The van der Waals surface area contributed by atoms with E-state index in [-0.39, 0.29) is 5.92 Å². The van der Waals surface area contributed by atoms with Crippen LogP contribution in [0, 0.1) is 5.92 Å². The molecule has 0 spiro atoms. The summed E-state index contributed by atoms with van der Waals surface area (Å²) in [6.45, 7) is 7.34. The number of allylic oxidation sites excluding steroid dienone is 2. The Hall–Kier alpha value is -0.370. The zero-order chi connectivity index (χ0) is 11.0. The third kappa shape index (κ3) is 4.75. The van der Waals surface area contributed by atoms with Crippen LogP contribution in [0.4, 0.5) is 0 Å². The van der Waals surface area contributed by atoms with E-state index in [1.54, 1.807) is 6.08 Å². The van der Waals surface area contributed by atoms with Crippen LogP contribution in [0.3, 0.4) is 0 Å². The van der Waals surface area contributed by atoms with Gasteiger partial charge in [0.15, 0.2) is 0 Å². The standard InChI is InChI=1S/C10H19O3P/c1-5-7-8-10(6-2)9-14(11,12-3)13-4/h5-6,10H,1-2,7-9H2,3-4H3/t10-/m1/s1. The van der Waals surface area contributed by atoms with E-state index < -0.39 is 7.60 Å². The Bertz CT molecular complexity index is 217. The average molecular weight is 218 g/mol. The highest BCUT2D eigenvalue weighted by Crippen LogP contribution is 2.48. The lowest BCUT2D eigenvalue weighted by atomic mass is 10.1. The second-order valence-electron chi connectivity index (χ2n) is 3.02. The van der Waals surface area contributed by atoms with Crippen molar-refractivity contribution in [3.8, 4) is 0 Å². The number of hydrogen-bond acceptors (Lipinski definition) is 3. The van der Waals surface area contributed by atoms with Crippen molar-refractivity contribution in [2.24, 2.45) is 5.92 Å². The summed E-state index contributed by atoms with van der Waals surface area (Å²) in [6.07, 6.45) is 5.76. The first kappa shape index (κ1) is 13.6. The van der Waals surface area contributed by atoms with E-state index in [0.717, 1.165) is 12.8 Å². The molecular formula is C10H19O3P. The van der Waals surface area contributed by atoms with Gasteiger partial charge in [-0.05, 0) is 18.8 Å². The van der Waals surface area contributed by atoms with Gasteiger partial charge in [-0.1, -0.05) is 12.2 Å². The van der Waals surface area contributed by atoms with Crippen molar-refractivity contribution < 1.29 is 13.6 Å². The lowest BCUT2D eigenvalue weighted by molar-refractivity contribution is 0.272. The van der Waals surface area contributed by atoms with E-state index in [4.69, 9.17) is 9.05 Å². The molecule has 0 aliphatic heterocycles. The maximum Gasteiger partial charge on any atom is 0.330 e. The second kappa shape index (κ2) is 6.99. The fourth-order valence-electron chi connectivity index (χ4n) is 1.13. The topological polar surface area (TPSA) is 35.5 Å². The number of rotatable bonds is 8. The Morgan fingerprint density at radius 3 is 2.29 bits per heavy atom. The molecule has 0 heterocycles. The van der Waals surface area contributed by atoms with Crippen molar-refractivity contribution in [2.75, 3.05) is 20.4 Å². The van der Waals surface area contributed by atoms with Crippen LogP contribution in [0.15, 0.2) is 25.3 Å². The zero-order valence-electron chi connectivity index (χ0n) is 8.94. The predicted molar refractivity (Wildman–Crippen MR) is 59.6 cm³/mol. The molecule has 14 heavy (non-hydrogen) atoms. The second-order valence-corrected chi connectivity index (χ2v) is 5.34. The molecule has 0 aromatic heterocycles. The molecule has 0 aliphatic rings. The van der Waals surface area contributed by atoms with Gasteiger partial charge in [0, 0.05) is 14.2 Å². The SMILES string of the molecule is C=CCC[C@@H](C=C)CP(=O)(OC)OC. The van der Waals surface area contributed by atoms with E-state index in [1.807, 2.05) is 6.08 Å². The molecule has 3 nitrogen and oxygen atoms in total. The highest BCUT2D eigenvalue weighted by Gasteiger charge is 2.24. The monoisotopic (exact) mass is 218 g/mol. The van der Waals surface area contributed by atoms with Crippen LogP contribution in [0.1, 0.15) is 12.8 Å². The molecule has 0 N–H and O–H groups in total. The van der Waals surface area contributed by atoms with Gasteiger partial charge in [-0.3, -0.25) is 4.57 Å². The normalized spacial score (nSPS) is 13.6. The summed E-state index contributed by atoms with van der Waals surface area (Å²) in [5, 5.41) is 0. The van der Waals surface area contributed by atoms with Crippen LogP contribution in [-0.4, -0.2) is 20.4 Å². The van der Waals surface area contributed by atoms with Crippen molar-refractivity contribution >= 4 is 7.60 Å². The molecule has 82 valence electrons. The van der Waals surface area contributed by atoms with Crippen LogP contribution in [0.25, 0.3) is 0 Å². The summed E-state index contributed by atoms with van der Waals surface area (Å²) < 4.78 is 21.5. The first-order valence-electron chi connectivity index (χ1n) is 4.56. The summed E-state index contributed by atoms with van der Waals surface area (Å²) in [4.78, 5) is 0. The minimum atomic E-state index is -2.90.